The molecule has 2 aromatic rings. The van der Waals surface area contributed by atoms with Crippen molar-refractivity contribution in [2.24, 2.45) is 0 Å². The maximum absolute atomic E-state index is 13.1. The SMILES string of the molecule is COc1ccc(S(=O)(=O)N2CCCC[C@@H]2CC(=O)Nc2ccc(Cl)cc2)cc1. The summed E-state index contributed by atoms with van der Waals surface area (Å²) in [6, 6.07) is 12.8. The van der Waals surface area contributed by atoms with E-state index in [-0.39, 0.29) is 23.3 Å². The van der Waals surface area contributed by atoms with Gasteiger partial charge in [-0.15, -0.1) is 0 Å². The molecule has 28 heavy (non-hydrogen) atoms. The summed E-state index contributed by atoms with van der Waals surface area (Å²) < 4.78 is 32.8. The van der Waals surface area contributed by atoms with E-state index in [9.17, 15) is 13.2 Å². The number of hydrogen-bond donors (Lipinski definition) is 1. The molecule has 0 spiro atoms. The highest BCUT2D eigenvalue weighted by Crippen LogP contribution is 2.28. The molecule has 0 saturated carbocycles. The molecule has 8 heteroatoms. The fourth-order valence-electron chi connectivity index (χ4n) is 3.34. The molecule has 1 saturated heterocycles. The molecular weight excluding hydrogens is 400 g/mol. The number of halogens is 1. The molecule has 6 nitrogen and oxygen atoms in total. The van der Waals surface area contributed by atoms with Crippen molar-refractivity contribution in [3.8, 4) is 5.75 Å². The molecule has 1 N–H and O–H groups in total. The second-order valence-corrected chi connectivity index (χ2v) is 9.03. The van der Waals surface area contributed by atoms with E-state index < -0.39 is 10.0 Å². The van der Waals surface area contributed by atoms with Crippen molar-refractivity contribution in [3.05, 3.63) is 53.6 Å². The van der Waals surface area contributed by atoms with E-state index in [1.54, 1.807) is 36.4 Å². The van der Waals surface area contributed by atoms with Crippen LogP contribution in [0.5, 0.6) is 5.75 Å². The third-order valence-electron chi connectivity index (χ3n) is 4.79. The van der Waals surface area contributed by atoms with Crippen LogP contribution < -0.4 is 10.1 Å². The van der Waals surface area contributed by atoms with Gasteiger partial charge in [-0.3, -0.25) is 4.79 Å². The summed E-state index contributed by atoms with van der Waals surface area (Å²) in [7, 11) is -2.15. The molecule has 1 aliphatic heterocycles. The normalized spacial score (nSPS) is 17.9. The number of ether oxygens (including phenoxy) is 1. The summed E-state index contributed by atoms with van der Waals surface area (Å²) in [4.78, 5) is 12.7. The first-order valence-electron chi connectivity index (χ1n) is 9.11. The number of carbonyl (C=O) groups excluding carboxylic acids is 1. The Kier molecular flexibility index (Phi) is 6.59. The van der Waals surface area contributed by atoms with Gasteiger partial charge in [0, 0.05) is 29.7 Å². The molecular formula is C20H23ClN2O4S. The van der Waals surface area contributed by atoms with Crippen LogP contribution in [0.2, 0.25) is 5.02 Å². The maximum atomic E-state index is 13.1. The second kappa shape index (κ2) is 8.94. The van der Waals surface area contributed by atoms with Crippen LogP contribution in [0.4, 0.5) is 5.69 Å². The fourth-order valence-corrected chi connectivity index (χ4v) is 5.16. The molecule has 1 amide bonds. The van der Waals surface area contributed by atoms with E-state index in [0.717, 1.165) is 12.8 Å². The van der Waals surface area contributed by atoms with Gasteiger partial charge in [0.15, 0.2) is 0 Å². The zero-order chi connectivity index (χ0) is 20.1. The number of sulfonamides is 1. The Morgan fingerprint density at radius 2 is 1.82 bits per heavy atom. The van der Waals surface area contributed by atoms with Crippen molar-refractivity contribution in [1.82, 2.24) is 4.31 Å². The monoisotopic (exact) mass is 422 g/mol. The van der Waals surface area contributed by atoms with Gasteiger partial charge in [0.25, 0.3) is 0 Å². The predicted molar refractivity (Wildman–Crippen MR) is 109 cm³/mol. The highest BCUT2D eigenvalue weighted by atomic mass is 35.5. The van der Waals surface area contributed by atoms with Gasteiger partial charge in [-0.2, -0.15) is 4.31 Å². The number of amides is 1. The number of nitrogens with zero attached hydrogens (tertiary/aromatic N) is 1. The lowest BCUT2D eigenvalue weighted by molar-refractivity contribution is -0.117. The summed E-state index contributed by atoms with van der Waals surface area (Å²) in [6.45, 7) is 0.410. The fraction of sp³-hybridized carbons (Fsp3) is 0.350. The van der Waals surface area contributed by atoms with Crippen molar-refractivity contribution in [1.29, 1.82) is 0 Å². The van der Waals surface area contributed by atoms with Crippen molar-refractivity contribution < 1.29 is 17.9 Å². The van der Waals surface area contributed by atoms with Crippen LogP contribution in [-0.2, 0) is 14.8 Å². The molecule has 0 unspecified atom stereocenters. The van der Waals surface area contributed by atoms with E-state index in [1.807, 2.05) is 0 Å². The van der Waals surface area contributed by atoms with Crippen LogP contribution in [0.25, 0.3) is 0 Å². The topological polar surface area (TPSA) is 75.7 Å². The Morgan fingerprint density at radius 1 is 1.14 bits per heavy atom. The summed E-state index contributed by atoms with van der Waals surface area (Å²) >= 11 is 5.86. The number of carbonyl (C=O) groups is 1. The molecule has 1 aliphatic rings. The molecule has 1 fully saturated rings. The molecule has 0 aliphatic carbocycles. The van der Waals surface area contributed by atoms with Crippen LogP contribution >= 0.6 is 11.6 Å². The molecule has 1 heterocycles. The summed E-state index contributed by atoms with van der Waals surface area (Å²) in [5, 5.41) is 3.39. The quantitative estimate of drug-likeness (QED) is 0.765. The van der Waals surface area contributed by atoms with Crippen molar-refractivity contribution in [2.45, 2.75) is 36.6 Å². The van der Waals surface area contributed by atoms with Gasteiger partial charge in [-0.25, -0.2) is 8.42 Å². The first kappa shape index (κ1) is 20.6. The number of piperidine rings is 1. The largest absolute Gasteiger partial charge is 0.497 e. The van der Waals surface area contributed by atoms with Crippen molar-refractivity contribution in [2.75, 3.05) is 19.0 Å². The van der Waals surface area contributed by atoms with E-state index >= 15 is 0 Å². The number of benzene rings is 2. The Labute approximate surface area is 170 Å². The highest BCUT2D eigenvalue weighted by Gasteiger charge is 2.34. The van der Waals surface area contributed by atoms with E-state index in [1.165, 1.54) is 23.5 Å². The van der Waals surface area contributed by atoms with Gasteiger partial charge >= 0.3 is 0 Å². The van der Waals surface area contributed by atoms with Gasteiger partial charge in [-0.1, -0.05) is 18.0 Å². The van der Waals surface area contributed by atoms with E-state index in [2.05, 4.69) is 5.32 Å². The van der Waals surface area contributed by atoms with Crippen LogP contribution in [-0.4, -0.2) is 38.3 Å². The Balaban J connectivity index is 1.73. The Bertz CT molecular complexity index is 914. The number of anilines is 1. The third kappa shape index (κ3) is 4.84. The van der Waals surface area contributed by atoms with Crippen LogP contribution in [0.1, 0.15) is 25.7 Å². The van der Waals surface area contributed by atoms with Crippen LogP contribution in [0, 0.1) is 0 Å². The zero-order valence-corrected chi connectivity index (χ0v) is 17.2. The predicted octanol–water partition coefficient (Wildman–Crippen LogP) is 3.92. The van der Waals surface area contributed by atoms with Gasteiger partial charge in [-0.05, 0) is 61.4 Å². The van der Waals surface area contributed by atoms with Gasteiger partial charge in [0.1, 0.15) is 5.75 Å². The lowest BCUT2D eigenvalue weighted by Crippen LogP contribution is -2.45. The van der Waals surface area contributed by atoms with Gasteiger partial charge in [0.05, 0.1) is 12.0 Å². The van der Waals surface area contributed by atoms with Crippen LogP contribution in [0.15, 0.2) is 53.4 Å². The number of rotatable bonds is 6. The zero-order valence-electron chi connectivity index (χ0n) is 15.6. The summed E-state index contributed by atoms with van der Waals surface area (Å²) in [5.41, 5.74) is 0.634. The summed E-state index contributed by atoms with van der Waals surface area (Å²) in [5.74, 6) is 0.376. The average Bonchev–Trinajstić information content (AvgIpc) is 2.70. The first-order valence-corrected chi connectivity index (χ1v) is 10.9. The number of methoxy groups -OCH3 is 1. The lowest BCUT2D eigenvalue weighted by Gasteiger charge is -2.34. The Morgan fingerprint density at radius 3 is 2.46 bits per heavy atom. The smallest absolute Gasteiger partial charge is 0.243 e. The standard InChI is InChI=1S/C20H23ClN2O4S/c1-27-18-9-11-19(12-10-18)28(25,26)23-13-3-2-4-17(23)14-20(24)22-16-7-5-15(21)6-8-16/h5-12,17H,2-4,13-14H2,1H3,(H,22,24)/t17-/m1/s1. The first-order chi connectivity index (χ1) is 13.4. The van der Waals surface area contributed by atoms with E-state index in [0.29, 0.717) is 29.4 Å². The minimum absolute atomic E-state index is 0.109. The Hall–Kier alpha value is -2.09. The number of hydrogen-bond acceptors (Lipinski definition) is 4. The van der Waals surface area contributed by atoms with E-state index in [4.69, 9.17) is 16.3 Å². The van der Waals surface area contributed by atoms with Gasteiger partial charge < -0.3 is 10.1 Å². The molecule has 0 bridgehead atoms. The summed E-state index contributed by atoms with van der Waals surface area (Å²) in [6.07, 6.45) is 2.44. The molecule has 0 radical (unpaired) electrons. The lowest BCUT2D eigenvalue weighted by atomic mass is 10.0. The molecule has 3 rings (SSSR count). The highest BCUT2D eigenvalue weighted by molar-refractivity contribution is 7.89. The maximum Gasteiger partial charge on any atom is 0.243 e. The molecule has 1 atom stereocenters. The van der Waals surface area contributed by atoms with Crippen LogP contribution in [0.3, 0.4) is 0 Å². The van der Waals surface area contributed by atoms with Crippen molar-refractivity contribution >= 4 is 33.2 Å². The third-order valence-corrected chi connectivity index (χ3v) is 7.01. The van der Waals surface area contributed by atoms with Gasteiger partial charge in [0.2, 0.25) is 15.9 Å². The second-order valence-electron chi connectivity index (χ2n) is 6.70. The molecule has 150 valence electrons. The number of nitrogens with one attached hydrogen (secondary N) is 1. The molecule has 0 aromatic heterocycles. The molecule has 2 aromatic carbocycles. The van der Waals surface area contributed by atoms with Crippen molar-refractivity contribution in [3.63, 3.8) is 0 Å². The minimum atomic E-state index is -3.68. The average molecular weight is 423 g/mol. The minimum Gasteiger partial charge on any atom is -0.497 e.